The molecule has 0 unspecified atom stereocenters. The van der Waals surface area contributed by atoms with Crippen molar-refractivity contribution in [2.45, 2.75) is 6.61 Å². The largest absolute Gasteiger partial charge is 0.463 e. The van der Waals surface area contributed by atoms with E-state index >= 15 is 0 Å². The average Bonchev–Trinajstić information content (AvgIpc) is 2.07. The van der Waals surface area contributed by atoms with E-state index in [1.807, 2.05) is 18.2 Å². The van der Waals surface area contributed by atoms with Gasteiger partial charge in [-0.15, -0.1) is 0 Å². The summed E-state index contributed by atoms with van der Waals surface area (Å²) in [4.78, 5) is 9.94. The summed E-state index contributed by atoms with van der Waals surface area (Å²) in [7, 11) is 0. The summed E-state index contributed by atoms with van der Waals surface area (Å²) in [6.07, 6.45) is 0. The van der Waals surface area contributed by atoms with Crippen molar-refractivity contribution in [2.75, 3.05) is 0 Å². The van der Waals surface area contributed by atoms with Crippen molar-refractivity contribution >= 4 is 45.0 Å². The molecule has 0 fully saturated rings. The monoisotopic (exact) mass is 340 g/mol. The Bertz CT molecular complexity index is 288. The molecule has 12 heavy (non-hydrogen) atoms. The van der Waals surface area contributed by atoms with Gasteiger partial charge in [0.1, 0.15) is 6.61 Å². The second kappa shape index (κ2) is 4.81. The highest BCUT2D eigenvalue weighted by atomic mass is 127. The molecule has 0 aliphatic carbocycles. The third-order valence-electron chi connectivity index (χ3n) is 1.31. The average molecular weight is 341 g/mol. The molecule has 0 aliphatic rings. The van der Waals surface area contributed by atoms with Crippen molar-refractivity contribution in [3.05, 3.63) is 31.8 Å². The molecule has 4 heteroatoms. The number of hydrogen-bond donors (Lipinski definition) is 0. The van der Waals surface area contributed by atoms with Crippen LogP contribution in [0.15, 0.2) is 22.7 Å². The topological polar surface area (TPSA) is 26.3 Å². The fourth-order valence-corrected chi connectivity index (χ4v) is 1.68. The van der Waals surface area contributed by atoms with Crippen LogP contribution in [0.4, 0.5) is 0 Å². The molecule has 64 valence electrons. The maximum absolute atomic E-state index is 9.94. The minimum absolute atomic E-state index is 0.335. The van der Waals surface area contributed by atoms with Crippen LogP contribution in [-0.4, -0.2) is 6.47 Å². The van der Waals surface area contributed by atoms with E-state index in [-0.39, 0.29) is 0 Å². The molecule has 0 atom stereocenters. The molecule has 0 amide bonds. The molecule has 0 spiro atoms. The Kier molecular flexibility index (Phi) is 4.00. The number of halogens is 2. The van der Waals surface area contributed by atoms with Gasteiger partial charge < -0.3 is 4.74 Å². The number of carbonyl (C=O) groups excluding carboxylic acids is 1. The van der Waals surface area contributed by atoms with Crippen LogP contribution in [0.25, 0.3) is 0 Å². The van der Waals surface area contributed by atoms with E-state index < -0.39 is 0 Å². The molecule has 0 aromatic heterocycles. The number of benzene rings is 1. The highest BCUT2D eigenvalue weighted by molar-refractivity contribution is 14.1. The van der Waals surface area contributed by atoms with Gasteiger partial charge in [-0.2, -0.15) is 0 Å². The predicted octanol–water partition coefficient (Wildman–Crippen LogP) is 2.73. The lowest BCUT2D eigenvalue weighted by Crippen LogP contribution is -1.93. The maximum Gasteiger partial charge on any atom is 0.293 e. The highest BCUT2D eigenvalue weighted by Gasteiger charge is 1.99. The minimum atomic E-state index is 0.335. The Morgan fingerprint density at radius 2 is 2.33 bits per heavy atom. The van der Waals surface area contributed by atoms with Gasteiger partial charge in [-0.3, -0.25) is 4.79 Å². The first-order valence-electron chi connectivity index (χ1n) is 3.23. The molecule has 0 N–H and O–H groups in total. The standard InChI is InChI=1S/C8H6BrIO2/c9-7-1-2-8(10)6(3-7)4-12-5-11/h1-3,5H,4H2. The van der Waals surface area contributed by atoms with Crippen LogP contribution in [0.5, 0.6) is 0 Å². The predicted molar refractivity (Wildman–Crippen MR) is 57.7 cm³/mol. The molecule has 0 radical (unpaired) electrons. The van der Waals surface area contributed by atoms with Crippen molar-refractivity contribution in [3.63, 3.8) is 0 Å². The van der Waals surface area contributed by atoms with Gasteiger partial charge in [0, 0.05) is 13.6 Å². The highest BCUT2D eigenvalue weighted by Crippen LogP contribution is 2.18. The zero-order valence-electron chi connectivity index (χ0n) is 6.09. The Morgan fingerprint density at radius 1 is 1.58 bits per heavy atom. The molecule has 2 nitrogen and oxygen atoms in total. The van der Waals surface area contributed by atoms with Crippen molar-refractivity contribution < 1.29 is 9.53 Å². The van der Waals surface area contributed by atoms with E-state index in [4.69, 9.17) is 0 Å². The SMILES string of the molecule is O=COCc1cc(Br)ccc1I. The molecule has 1 rings (SSSR count). The maximum atomic E-state index is 9.94. The van der Waals surface area contributed by atoms with E-state index in [2.05, 4.69) is 43.3 Å². The third-order valence-corrected chi connectivity index (χ3v) is 2.86. The molecular formula is C8H6BrIO2. The van der Waals surface area contributed by atoms with Crippen LogP contribution in [0.3, 0.4) is 0 Å². The van der Waals surface area contributed by atoms with E-state index in [9.17, 15) is 4.79 Å². The lowest BCUT2D eigenvalue weighted by atomic mass is 10.2. The molecule has 1 aromatic carbocycles. The van der Waals surface area contributed by atoms with E-state index in [0.29, 0.717) is 13.1 Å². The second-order valence-electron chi connectivity index (χ2n) is 2.14. The van der Waals surface area contributed by atoms with Crippen LogP contribution in [0.2, 0.25) is 0 Å². The first kappa shape index (κ1) is 9.98. The Hall–Kier alpha value is -0.100. The number of ether oxygens (including phenoxy) is 1. The van der Waals surface area contributed by atoms with Gasteiger partial charge >= 0.3 is 0 Å². The van der Waals surface area contributed by atoms with Crippen LogP contribution in [0.1, 0.15) is 5.56 Å². The van der Waals surface area contributed by atoms with Crippen LogP contribution < -0.4 is 0 Å². The molecule has 0 heterocycles. The molecular weight excluding hydrogens is 335 g/mol. The Labute approximate surface area is 92.6 Å². The lowest BCUT2D eigenvalue weighted by Gasteiger charge is -2.02. The van der Waals surface area contributed by atoms with Gasteiger partial charge in [-0.25, -0.2) is 0 Å². The van der Waals surface area contributed by atoms with Crippen LogP contribution in [0, 0.1) is 3.57 Å². The molecule has 0 aliphatic heterocycles. The van der Waals surface area contributed by atoms with Crippen molar-refractivity contribution in [3.8, 4) is 0 Å². The summed E-state index contributed by atoms with van der Waals surface area (Å²) < 4.78 is 6.74. The summed E-state index contributed by atoms with van der Waals surface area (Å²) >= 11 is 5.54. The van der Waals surface area contributed by atoms with Crippen molar-refractivity contribution in [2.24, 2.45) is 0 Å². The number of carbonyl (C=O) groups is 1. The second-order valence-corrected chi connectivity index (χ2v) is 4.22. The van der Waals surface area contributed by atoms with Gasteiger partial charge in [0.25, 0.3) is 6.47 Å². The Balaban J connectivity index is 2.82. The van der Waals surface area contributed by atoms with E-state index in [1.54, 1.807) is 0 Å². The molecule has 0 bridgehead atoms. The normalized spacial score (nSPS) is 9.50. The fraction of sp³-hybridized carbons (Fsp3) is 0.125. The van der Waals surface area contributed by atoms with E-state index in [0.717, 1.165) is 13.6 Å². The summed E-state index contributed by atoms with van der Waals surface area (Å²) in [6.45, 7) is 0.790. The quantitative estimate of drug-likeness (QED) is 0.624. The summed E-state index contributed by atoms with van der Waals surface area (Å²) in [5.74, 6) is 0. The lowest BCUT2D eigenvalue weighted by molar-refractivity contribution is -0.129. The zero-order chi connectivity index (χ0) is 8.97. The van der Waals surface area contributed by atoms with Crippen molar-refractivity contribution in [1.82, 2.24) is 0 Å². The van der Waals surface area contributed by atoms with Gasteiger partial charge in [0.05, 0.1) is 0 Å². The number of rotatable bonds is 3. The number of hydrogen-bond acceptors (Lipinski definition) is 2. The molecule has 1 aromatic rings. The first-order valence-corrected chi connectivity index (χ1v) is 5.10. The fourth-order valence-electron chi connectivity index (χ4n) is 0.778. The van der Waals surface area contributed by atoms with E-state index in [1.165, 1.54) is 0 Å². The molecule has 0 saturated carbocycles. The first-order chi connectivity index (χ1) is 5.74. The van der Waals surface area contributed by atoms with Crippen molar-refractivity contribution in [1.29, 1.82) is 0 Å². The molecule has 0 saturated heterocycles. The summed E-state index contributed by atoms with van der Waals surface area (Å²) in [5.41, 5.74) is 1.01. The van der Waals surface area contributed by atoms with Gasteiger partial charge in [-0.1, -0.05) is 15.9 Å². The van der Waals surface area contributed by atoms with Gasteiger partial charge in [-0.05, 0) is 40.8 Å². The third kappa shape index (κ3) is 2.75. The summed E-state index contributed by atoms with van der Waals surface area (Å²) in [6, 6.07) is 5.85. The van der Waals surface area contributed by atoms with Crippen LogP contribution in [-0.2, 0) is 16.1 Å². The van der Waals surface area contributed by atoms with Gasteiger partial charge in [0.2, 0.25) is 0 Å². The Morgan fingerprint density at radius 3 is 3.00 bits per heavy atom. The smallest absolute Gasteiger partial charge is 0.293 e. The van der Waals surface area contributed by atoms with Crippen LogP contribution >= 0.6 is 38.5 Å². The van der Waals surface area contributed by atoms with Gasteiger partial charge in [0.15, 0.2) is 0 Å². The zero-order valence-corrected chi connectivity index (χ0v) is 9.83. The summed E-state index contributed by atoms with van der Waals surface area (Å²) in [5, 5.41) is 0. The minimum Gasteiger partial charge on any atom is -0.463 e.